The van der Waals surface area contributed by atoms with Crippen LogP contribution in [-0.2, 0) is 0 Å². The van der Waals surface area contributed by atoms with Gasteiger partial charge in [0.1, 0.15) is 0 Å². The fraction of sp³-hybridized carbons (Fsp3) is 0.929. The molecule has 6 heteroatoms. The largest absolute Gasteiger partial charge is 0.673 e. The van der Waals surface area contributed by atoms with E-state index in [-0.39, 0.29) is 0 Å². The molecule has 0 atom stereocenters. The second-order valence-electron chi connectivity index (χ2n) is 6.07. The second-order valence-corrected chi connectivity index (χ2v) is 6.07. The molecule has 0 unspecified atom stereocenters. The molecule has 0 aromatic heterocycles. The number of hydrogen-bond acceptors (Lipinski definition) is 0. The van der Waals surface area contributed by atoms with Crippen LogP contribution in [0.3, 0.4) is 0 Å². The highest BCUT2D eigenvalue weighted by Crippen LogP contribution is 2.53. The molecule has 0 aliphatic heterocycles. The Kier molecular flexibility index (Phi) is 6.84. The lowest BCUT2D eigenvalue weighted by molar-refractivity contribution is 0.0198. The second kappa shape index (κ2) is 7.90. The van der Waals surface area contributed by atoms with Crippen LogP contribution in [0.4, 0.5) is 17.3 Å². The van der Waals surface area contributed by atoms with Gasteiger partial charge in [-0.1, -0.05) is 4.85 Å². The minimum Gasteiger partial charge on any atom is -0.418 e. The summed E-state index contributed by atoms with van der Waals surface area (Å²) in [6.45, 7) is 4.64. The van der Waals surface area contributed by atoms with Crippen molar-refractivity contribution in [2.75, 3.05) is 6.54 Å². The number of rotatable bonds is 0. The highest BCUT2D eigenvalue weighted by molar-refractivity contribution is 6.50. The maximum absolute atomic E-state index is 9.75. The number of nitrogens with zero attached hydrogens (tertiary/aromatic N) is 1. The van der Waals surface area contributed by atoms with Crippen LogP contribution < -0.4 is 0 Å². The van der Waals surface area contributed by atoms with Gasteiger partial charge in [0.05, 0.1) is 6.92 Å². The molecule has 0 amide bonds. The predicted octanol–water partition coefficient (Wildman–Crippen LogP) is 5.49. The van der Waals surface area contributed by atoms with Gasteiger partial charge < -0.3 is 17.3 Å². The molecule has 0 heterocycles. The molecule has 0 aromatic rings. The fourth-order valence-electron chi connectivity index (χ4n) is 4.14. The Morgan fingerprint density at radius 3 is 1.20 bits per heavy atom. The van der Waals surface area contributed by atoms with Crippen LogP contribution in [0.2, 0.25) is 0 Å². The maximum atomic E-state index is 9.75. The summed E-state index contributed by atoms with van der Waals surface area (Å²) in [4.78, 5) is 3.72. The molecule has 20 heavy (non-hydrogen) atoms. The minimum absolute atomic E-state index is 0.858. The zero-order valence-corrected chi connectivity index (χ0v) is 12.3. The van der Waals surface area contributed by atoms with Crippen LogP contribution in [0.1, 0.15) is 52.4 Å². The third kappa shape index (κ3) is 7.16. The van der Waals surface area contributed by atoms with E-state index in [1.807, 2.05) is 6.92 Å². The molecule has 4 fully saturated rings. The fourth-order valence-corrected chi connectivity index (χ4v) is 4.14. The standard InChI is InChI=1S/C10H16.C4H8N.BF4/c1-7-2-9-4-8(1)5-10(3-7)6-9;1-3-5-4-2;2-1(3,4)5/h7-10H,1-6H2;3H2,1-2H3;/q;+1;-1. The van der Waals surface area contributed by atoms with E-state index in [1.54, 1.807) is 45.4 Å². The van der Waals surface area contributed by atoms with Gasteiger partial charge in [0.2, 0.25) is 0 Å². The van der Waals surface area contributed by atoms with Crippen molar-refractivity contribution in [2.45, 2.75) is 52.4 Å². The summed E-state index contributed by atoms with van der Waals surface area (Å²) < 4.78 is 39.0. The highest BCUT2D eigenvalue weighted by atomic mass is 19.5. The van der Waals surface area contributed by atoms with Crippen LogP contribution >= 0.6 is 0 Å². The van der Waals surface area contributed by atoms with Crippen LogP contribution in [0.15, 0.2) is 0 Å². The van der Waals surface area contributed by atoms with Gasteiger partial charge >= 0.3 is 7.25 Å². The van der Waals surface area contributed by atoms with E-state index in [0.717, 1.165) is 6.54 Å². The molecule has 116 valence electrons. The Morgan fingerprint density at radius 1 is 0.850 bits per heavy atom. The summed E-state index contributed by atoms with van der Waals surface area (Å²) in [5, 5.41) is 0. The lowest BCUT2D eigenvalue weighted by atomic mass is 9.56. The molecule has 1 nitrogen and oxygen atoms in total. The van der Waals surface area contributed by atoms with E-state index in [4.69, 9.17) is 0 Å². The van der Waals surface area contributed by atoms with Crippen LogP contribution in [-0.4, -0.2) is 13.8 Å². The first kappa shape index (κ1) is 17.3. The SMILES string of the molecule is C1C2CC3CC1CC(C2)C3.CC#[N+]CC.F[B-](F)(F)F. The Balaban J connectivity index is 0.000000173. The minimum atomic E-state index is -6.00. The van der Waals surface area contributed by atoms with E-state index in [9.17, 15) is 17.3 Å². The van der Waals surface area contributed by atoms with Crippen LogP contribution in [0, 0.1) is 29.7 Å². The van der Waals surface area contributed by atoms with E-state index in [2.05, 4.69) is 10.9 Å². The van der Waals surface area contributed by atoms with E-state index in [1.165, 1.54) is 23.7 Å². The lowest BCUT2D eigenvalue weighted by Crippen LogP contribution is -2.38. The van der Waals surface area contributed by atoms with Gasteiger partial charge in [-0.15, -0.1) is 0 Å². The van der Waals surface area contributed by atoms with Gasteiger partial charge in [-0.05, 0) is 62.2 Å². The summed E-state index contributed by atoms with van der Waals surface area (Å²) in [5.41, 5.74) is 0. The van der Waals surface area contributed by atoms with Crippen molar-refractivity contribution in [1.29, 1.82) is 0 Å². The molecule has 0 N–H and O–H groups in total. The van der Waals surface area contributed by atoms with E-state index in [0.29, 0.717) is 0 Å². The molecular formula is C14H24BF4N. The third-order valence-corrected chi connectivity index (χ3v) is 4.32. The van der Waals surface area contributed by atoms with Gasteiger partial charge in [0.15, 0.2) is 0 Å². The number of hydrogen-bond donors (Lipinski definition) is 0. The van der Waals surface area contributed by atoms with Crippen molar-refractivity contribution >= 4 is 7.25 Å². The van der Waals surface area contributed by atoms with E-state index < -0.39 is 7.25 Å². The summed E-state index contributed by atoms with van der Waals surface area (Å²) in [5.74, 6) is 4.71. The summed E-state index contributed by atoms with van der Waals surface area (Å²) in [6.07, 6.45) is 9.62. The Morgan fingerprint density at radius 2 is 1.10 bits per heavy atom. The molecule has 4 saturated carbocycles. The van der Waals surface area contributed by atoms with Gasteiger partial charge in [-0.2, -0.15) is 0 Å². The van der Waals surface area contributed by atoms with Gasteiger partial charge in [-0.25, -0.2) is 0 Å². The summed E-state index contributed by atoms with van der Waals surface area (Å²) in [6, 6.07) is 2.64. The maximum Gasteiger partial charge on any atom is 0.673 e. The number of halogens is 4. The first-order valence-electron chi connectivity index (χ1n) is 7.52. The van der Waals surface area contributed by atoms with Crippen molar-refractivity contribution in [3.8, 4) is 6.07 Å². The Labute approximate surface area is 119 Å². The summed E-state index contributed by atoms with van der Waals surface area (Å²) >= 11 is 0. The van der Waals surface area contributed by atoms with Gasteiger partial charge in [0.25, 0.3) is 12.6 Å². The molecular weight excluding hydrogens is 269 g/mol. The van der Waals surface area contributed by atoms with Crippen molar-refractivity contribution < 1.29 is 17.3 Å². The van der Waals surface area contributed by atoms with Gasteiger partial charge in [0, 0.05) is 6.92 Å². The smallest absolute Gasteiger partial charge is 0.418 e. The topological polar surface area (TPSA) is 4.36 Å². The lowest BCUT2D eigenvalue weighted by Gasteiger charge is -2.49. The van der Waals surface area contributed by atoms with Gasteiger partial charge in [-0.3, -0.25) is 0 Å². The zero-order chi connectivity index (χ0) is 15.2. The van der Waals surface area contributed by atoms with Crippen molar-refractivity contribution in [3.63, 3.8) is 0 Å². The molecule has 4 aliphatic carbocycles. The average molecular weight is 293 g/mol. The quantitative estimate of drug-likeness (QED) is 0.411. The molecule has 0 aromatic carbocycles. The molecule has 4 aliphatic rings. The molecule has 4 bridgehead atoms. The molecule has 0 radical (unpaired) electrons. The summed E-state index contributed by atoms with van der Waals surface area (Å²) in [7, 11) is -6.00. The molecule has 4 rings (SSSR count). The Hall–Kier alpha value is -0.725. The van der Waals surface area contributed by atoms with Crippen molar-refractivity contribution in [1.82, 2.24) is 0 Å². The molecule has 0 saturated heterocycles. The molecule has 0 spiro atoms. The van der Waals surface area contributed by atoms with Crippen molar-refractivity contribution in [2.24, 2.45) is 23.7 Å². The monoisotopic (exact) mass is 293 g/mol. The first-order chi connectivity index (χ1) is 9.31. The zero-order valence-electron chi connectivity index (χ0n) is 12.3. The van der Waals surface area contributed by atoms with Crippen LogP contribution in [0.25, 0.3) is 4.85 Å². The highest BCUT2D eigenvalue weighted by Gasteiger charge is 2.41. The normalized spacial score (nSPS) is 33.1. The average Bonchev–Trinajstić information content (AvgIpc) is 2.26. The first-order valence-corrected chi connectivity index (χ1v) is 7.52. The van der Waals surface area contributed by atoms with Crippen LogP contribution in [0.5, 0.6) is 0 Å². The van der Waals surface area contributed by atoms with Crippen molar-refractivity contribution in [3.05, 3.63) is 4.85 Å². The van der Waals surface area contributed by atoms with E-state index >= 15 is 0 Å². The third-order valence-electron chi connectivity index (χ3n) is 4.32. The predicted molar refractivity (Wildman–Crippen MR) is 75.3 cm³/mol. The Bertz CT molecular complexity index is 283.